The molecule has 21 heavy (non-hydrogen) atoms. The van der Waals surface area contributed by atoms with Crippen LogP contribution in [0.2, 0.25) is 0 Å². The summed E-state index contributed by atoms with van der Waals surface area (Å²) < 4.78 is 49.5. The maximum Gasteiger partial charge on any atom is 0.227 e. The Hall–Kier alpha value is -1.50. The van der Waals surface area contributed by atoms with Crippen molar-refractivity contribution in [3.05, 3.63) is 35.4 Å². The monoisotopic (exact) mass is 317 g/mol. The van der Waals surface area contributed by atoms with Crippen molar-refractivity contribution >= 4 is 15.7 Å². The van der Waals surface area contributed by atoms with Gasteiger partial charge in [-0.25, -0.2) is 17.2 Å². The first-order valence-corrected chi connectivity index (χ1v) is 8.63. The molecule has 2 rings (SSSR count). The van der Waals surface area contributed by atoms with Crippen molar-refractivity contribution in [2.45, 2.75) is 24.5 Å². The Labute approximate surface area is 122 Å². The number of carbonyl (C=O) groups excluding carboxylic acids is 1. The van der Waals surface area contributed by atoms with E-state index in [0.717, 1.165) is 18.4 Å². The molecule has 0 aliphatic carbocycles. The quantitative estimate of drug-likeness (QED) is 0.850. The van der Waals surface area contributed by atoms with E-state index in [0.29, 0.717) is 19.4 Å². The first-order valence-electron chi connectivity index (χ1n) is 6.68. The van der Waals surface area contributed by atoms with Gasteiger partial charge < -0.3 is 4.90 Å². The predicted molar refractivity (Wildman–Crippen MR) is 74.5 cm³/mol. The summed E-state index contributed by atoms with van der Waals surface area (Å²) in [6.07, 6.45) is 2.11. The van der Waals surface area contributed by atoms with Crippen molar-refractivity contribution in [2.75, 3.05) is 19.3 Å². The number of rotatable bonds is 3. The number of piperidine rings is 1. The van der Waals surface area contributed by atoms with Gasteiger partial charge in [-0.2, -0.15) is 0 Å². The predicted octanol–water partition coefficient (Wildman–Crippen LogP) is 1.54. The van der Waals surface area contributed by atoms with E-state index in [2.05, 4.69) is 0 Å². The van der Waals surface area contributed by atoms with Gasteiger partial charge >= 0.3 is 0 Å². The van der Waals surface area contributed by atoms with Crippen LogP contribution in [0.1, 0.15) is 18.4 Å². The maximum absolute atomic E-state index is 13.5. The van der Waals surface area contributed by atoms with Crippen LogP contribution in [0.3, 0.4) is 0 Å². The summed E-state index contributed by atoms with van der Waals surface area (Å²) in [5.74, 6) is -1.80. The molecule has 0 spiro atoms. The third-order valence-electron chi connectivity index (χ3n) is 3.69. The van der Waals surface area contributed by atoms with E-state index in [1.54, 1.807) is 0 Å². The van der Waals surface area contributed by atoms with Gasteiger partial charge in [-0.05, 0) is 24.5 Å². The first-order chi connectivity index (χ1) is 9.77. The summed E-state index contributed by atoms with van der Waals surface area (Å²) in [6.45, 7) is 0.605. The zero-order valence-corrected chi connectivity index (χ0v) is 12.5. The van der Waals surface area contributed by atoms with Crippen LogP contribution in [0.4, 0.5) is 8.78 Å². The van der Waals surface area contributed by atoms with Crippen LogP contribution in [0.5, 0.6) is 0 Å². The Morgan fingerprint density at radius 1 is 1.38 bits per heavy atom. The van der Waals surface area contributed by atoms with Gasteiger partial charge in [0.05, 0.1) is 11.7 Å². The normalized spacial score (nSPS) is 19.6. The molecule has 1 aliphatic heterocycles. The minimum atomic E-state index is -3.20. The summed E-state index contributed by atoms with van der Waals surface area (Å²) in [6, 6.07) is 3.07. The zero-order chi connectivity index (χ0) is 15.6. The average Bonchev–Trinajstić information content (AvgIpc) is 2.41. The van der Waals surface area contributed by atoms with Crippen molar-refractivity contribution in [3.8, 4) is 0 Å². The lowest BCUT2D eigenvalue weighted by atomic mass is 10.1. The molecule has 116 valence electrons. The lowest BCUT2D eigenvalue weighted by Gasteiger charge is -2.31. The molecule has 7 heteroatoms. The first kappa shape index (κ1) is 15.9. The van der Waals surface area contributed by atoms with Crippen LogP contribution in [-0.2, 0) is 21.1 Å². The second-order valence-corrected chi connectivity index (χ2v) is 7.67. The molecule has 0 radical (unpaired) electrons. The molecule has 4 nitrogen and oxygen atoms in total. The molecule has 1 fully saturated rings. The smallest absolute Gasteiger partial charge is 0.227 e. The van der Waals surface area contributed by atoms with Gasteiger partial charge in [0.15, 0.2) is 9.84 Å². The van der Waals surface area contributed by atoms with E-state index >= 15 is 0 Å². The lowest BCUT2D eigenvalue weighted by molar-refractivity contribution is -0.131. The molecular weight excluding hydrogens is 300 g/mol. The van der Waals surface area contributed by atoms with Crippen LogP contribution in [0, 0.1) is 11.6 Å². The Morgan fingerprint density at radius 3 is 2.71 bits per heavy atom. The molecular formula is C14H17F2NO3S. The fraction of sp³-hybridized carbons (Fsp3) is 0.500. The van der Waals surface area contributed by atoms with Crippen molar-refractivity contribution in [1.82, 2.24) is 4.90 Å². The highest BCUT2D eigenvalue weighted by Gasteiger charge is 2.30. The average molecular weight is 317 g/mol. The fourth-order valence-corrected chi connectivity index (χ4v) is 3.50. The Morgan fingerprint density at radius 2 is 2.10 bits per heavy atom. The topological polar surface area (TPSA) is 54.5 Å². The van der Waals surface area contributed by atoms with Crippen LogP contribution >= 0.6 is 0 Å². The molecule has 1 aromatic carbocycles. The number of hydrogen-bond donors (Lipinski definition) is 0. The summed E-state index contributed by atoms with van der Waals surface area (Å²) >= 11 is 0. The molecule has 0 bridgehead atoms. The van der Waals surface area contributed by atoms with E-state index in [1.165, 1.54) is 11.0 Å². The Balaban J connectivity index is 2.06. The van der Waals surface area contributed by atoms with E-state index in [1.807, 2.05) is 0 Å². The van der Waals surface area contributed by atoms with Gasteiger partial charge in [0.2, 0.25) is 5.91 Å². The second-order valence-electron chi connectivity index (χ2n) is 5.35. The maximum atomic E-state index is 13.5. The van der Waals surface area contributed by atoms with Gasteiger partial charge in [0, 0.05) is 25.4 Å². The summed E-state index contributed by atoms with van der Waals surface area (Å²) in [7, 11) is -3.20. The largest absolute Gasteiger partial charge is 0.341 e. The van der Waals surface area contributed by atoms with E-state index < -0.39 is 26.7 Å². The van der Waals surface area contributed by atoms with Crippen molar-refractivity contribution < 1.29 is 22.0 Å². The van der Waals surface area contributed by atoms with Gasteiger partial charge in [0.1, 0.15) is 11.6 Å². The number of carbonyl (C=O) groups is 1. The van der Waals surface area contributed by atoms with Crippen molar-refractivity contribution in [2.24, 2.45) is 0 Å². The van der Waals surface area contributed by atoms with Crippen LogP contribution in [0.15, 0.2) is 18.2 Å². The molecule has 0 aromatic heterocycles. The van der Waals surface area contributed by atoms with Gasteiger partial charge in [-0.3, -0.25) is 4.79 Å². The third-order valence-corrected chi connectivity index (χ3v) is 5.29. The highest BCUT2D eigenvalue weighted by molar-refractivity contribution is 7.91. The number of likely N-dealkylation sites (tertiary alicyclic amines) is 1. The molecule has 1 atom stereocenters. The Kier molecular flexibility index (Phi) is 4.61. The minimum Gasteiger partial charge on any atom is -0.341 e. The van der Waals surface area contributed by atoms with Crippen LogP contribution in [-0.4, -0.2) is 43.8 Å². The van der Waals surface area contributed by atoms with E-state index in [-0.39, 0.29) is 24.4 Å². The summed E-state index contributed by atoms with van der Waals surface area (Å²) in [5, 5.41) is -0.562. The molecule has 0 N–H and O–H groups in total. The van der Waals surface area contributed by atoms with E-state index in [4.69, 9.17) is 0 Å². The summed E-state index contributed by atoms with van der Waals surface area (Å²) in [5.41, 5.74) is 0.114. The molecule has 1 saturated heterocycles. The van der Waals surface area contributed by atoms with E-state index in [9.17, 15) is 22.0 Å². The van der Waals surface area contributed by atoms with Crippen molar-refractivity contribution in [3.63, 3.8) is 0 Å². The molecule has 1 amide bonds. The number of benzene rings is 1. The molecule has 1 heterocycles. The second kappa shape index (κ2) is 6.09. The van der Waals surface area contributed by atoms with Gasteiger partial charge in [0.25, 0.3) is 0 Å². The highest BCUT2D eigenvalue weighted by atomic mass is 32.2. The van der Waals surface area contributed by atoms with Crippen molar-refractivity contribution in [1.29, 1.82) is 0 Å². The number of hydrogen-bond acceptors (Lipinski definition) is 3. The number of sulfone groups is 1. The number of halogens is 2. The SMILES string of the molecule is CS(=O)(=O)C1CCCN(C(=O)Cc2ccc(F)cc2F)C1. The third kappa shape index (κ3) is 4.00. The van der Waals surface area contributed by atoms with Gasteiger partial charge in [-0.15, -0.1) is 0 Å². The zero-order valence-electron chi connectivity index (χ0n) is 11.7. The molecule has 1 unspecified atom stereocenters. The van der Waals surface area contributed by atoms with Crippen LogP contribution < -0.4 is 0 Å². The number of nitrogens with zero attached hydrogens (tertiary/aromatic N) is 1. The lowest BCUT2D eigenvalue weighted by Crippen LogP contribution is -2.45. The molecule has 1 aliphatic rings. The minimum absolute atomic E-state index is 0.114. The molecule has 1 aromatic rings. The highest BCUT2D eigenvalue weighted by Crippen LogP contribution is 2.18. The fourth-order valence-electron chi connectivity index (χ4n) is 2.45. The van der Waals surface area contributed by atoms with Gasteiger partial charge in [-0.1, -0.05) is 6.07 Å². The van der Waals surface area contributed by atoms with Crippen LogP contribution in [0.25, 0.3) is 0 Å². The standard InChI is InChI=1S/C14H17F2NO3S/c1-21(19,20)12-3-2-6-17(9-12)14(18)7-10-4-5-11(15)8-13(10)16/h4-5,8,12H,2-3,6-7,9H2,1H3. The number of amides is 1. The molecule has 0 saturated carbocycles. The summed E-state index contributed by atoms with van der Waals surface area (Å²) in [4.78, 5) is 13.6. The Bertz CT molecular complexity index is 646.